The molecule has 29 heavy (non-hydrogen) atoms. The molecule has 2 aliphatic heterocycles. The zero-order valence-electron chi connectivity index (χ0n) is 17.0. The van der Waals surface area contributed by atoms with Gasteiger partial charge in [-0.15, -0.1) is 0 Å². The summed E-state index contributed by atoms with van der Waals surface area (Å²) >= 11 is 0. The van der Waals surface area contributed by atoms with Crippen molar-refractivity contribution >= 4 is 17.7 Å². The zero-order chi connectivity index (χ0) is 20.3. The maximum atomic E-state index is 14.6. The fourth-order valence-corrected chi connectivity index (χ4v) is 5.58. The number of nitrogens with zero attached hydrogens (tertiary/aromatic N) is 4. The topological polar surface area (TPSA) is 58.6 Å². The molecule has 2 aliphatic carbocycles. The first kappa shape index (κ1) is 19.0. The number of anilines is 2. The van der Waals surface area contributed by atoms with Crippen LogP contribution in [0.25, 0.3) is 0 Å². The summed E-state index contributed by atoms with van der Waals surface area (Å²) in [5.41, 5.74) is 0.552. The van der Waals surface area contributed by atoms with Gasteiger partial charge in [-0.3, -0.25) is 4.79 Å². The van der Waals surface area contributed by atoms with Gasteiger partial charge in [-0.1, -0.05) is 0 Å². The molecule has 6 nitrogen and oxygen atoms in total. The van der Waals surface area contributed by atoms with E-state index in [4.69, 9.17) is 9.72 Å². The first-order valence-electron chi connectivity index (χ1n) is 10.8. The lowest BCUT2D eigenvalue weighted by Gasteiger charge is -2.34. The Kier molecular flexibility index (Phi) is 4.44. The number of halogens is 2. The first-order valence-corrected chi connectivity index (χ1v) is 10.8. The summed E-state index contributed by atoms with van der Waals surface area (Å²) in [6.45, 7) is 4.49. The highest BCUT2D eigenvalue weighted by Gasteiger charge is 2.57. The standard InChI is InChI=1S/C21H28F2N4O2/c1-12-5-3-4-8-27(12)20-24-18-13(6-7-21(18,22)23)19(25-20)26-10-15-14(16(15)11-26)9-17(28)29-2/h12,14-16H,3-11H2,1-2H3/t12-,14?,15-,16+/m0/s1. The number of piperidine rings is 2. The molecule has 3 heterocycles. The summed E-state index contributed by atoms with van der Waals surface area (Å²) in [5.74, 6) is -0.672. The van der Waals surface area contributed by atoms with E-state index in [0.717, 1.165) is 38.9 Å². The van der Waals surface area contributed by atoms with Crippen LogP contribution in [0.4, 0.5) is 20.5 Å². The van der Waals surface area contributed by atoms with Crippen LogP contribution in [0.5, 0.6) is 0 Å². The third kappa shape index (κ3) is 3.15. The van der Waals surface area contributed by atoms with Gasteiger partial charge in [-0.2, -0.15) is 13.8 Å². The lowest BCUT2D eigenvalue weighted by molar-refractivity contribution is -0.141. The molecule has 3 fully saturated rings. The van der Waals surface area contributed by atoms with Crippen molar-refractivity contribution < 1.29 is 18.3 Å². The van der Waals surface area contributed by atoms with Crippen molar-refractivity contribution in [1.82, 2.24) is 9.97 Å². The third-order valence-electron chi connectivity index (χ3n) is 7.37. The number of carbonyl (C=O) groups is 1. The second-order valence-corrected chi connectivity index (χ2v) is 9.09. The summed E-state index contributed by atoms with van der Waals surface area (Å²) in [6.07, 6.45) is 3.83. The van der Waals surface area contributed by atoms with Gasteiger partial charge in [-0.25, -0.2) is 4.98 Å². The number of methoxy groups -OCH3 is 1. The number of aromatic nitrogens is 2. The normalized spacial score (nSPS) is 32.1. The Morgan fingerprint density at radius 3 is 2.69 bits per heavy atom. The Morgan fingerprint density at radius 1 is 1.24 bits per heavy atom. The molecule has 1 saturated carbocycles. The molecule has 1 unspecified atom stereocenters. The van der Waals surface area contributed by atoms with Gasteiger partial charge in [0.2, 0.25) is 5.95 Å². The monoisotopic (exact) mass is 406 g/mol. The maximum Gasteiger partial charge on any atom is 0.305 e. The number of hydrogen-bond donors (Lipinski definition) is 0. The van der Waals surface area contributed by atoms with E-state index >= 15 is 0 Å². The Hall–Kier alpha value is -1.99. The molecule has 4 atom stereocenters. The summed E-state index contributed by atoms with van der Waals surface area (Å²) in [6, 6.07) is 0.265. The van der Waals surface area contributed by atoms with E-state index in [1.165, 1.54) is 7.11 Å². The Bertz CT molecular complexity index is 821. The maximum absolute atomic E-state index is 14.6. The van der Waals surface area contributed by atoms with Gasteiger partial charge in [0, 0.05) is 44.1 Å². The van der Waals surface area contributed by atoms with Crippen molar-refractivity contribution in [3.63, 3.8) is 0 Å². The second kappa shape index (κ2) is 6.77. The fraction of sp³-hybridized carbons (Fsp3) is 0.762. The smallest absolute Gasteiger partial charge is 0.305 e. The molecule has 1 aromatic heterocycles. The van der Waals surface area contributed by atoms with Gasteiger partial charge in [0.25, 0.3) is 5.92 Å². The lowest BCUT2D eigenvalue weighted by atomic mass is 10.0. The second-order valence-electron chi connectivity index (χ2n) is 9.09. The van der Waals surface area contributed by atoms with Crippen molar-refractivity contribution in [2.45, 2.75) is 57.4 Å². The van der Waals surface area contributed by atoms with Crippen LogP contribution in [-0.4, -0.2) is 48.7 Å². The van der Waals surface area contributed by atoms with Crippen molar-refractivity contribution in [3.05, 3.63) is 11.3 Å². The largest absolute Gasteiger partial charge is 0.469 e. The Labute approximate surface area is 169 Å². The van der Waals surface area contributed by atoms with Crippen molar-refractivity contribution in [2.75, 3.05) is 36.5 Å². The van der Waals surface area contributed by atoms with E-state index in [1.807, 2.05) is 0 Å². The third-order valence-corrected chi connectivity index (χ3v) is 7.37. The van der Waals surface area contributed by atoms with Crippen LogP contribution >= 0.6 is 0 Å². The molecule has 0 bridgehead atoms. The van der Waals surface area contributed by atoms with Crippen LogP contribution in [0.3, 0.4) is 0 Å². The number of esters is 1. The number of hydrogen-bond acceptors (Lipinski definition) is 6. The number of alkyl halides is 2. The summed E-state index contributed by atoms with van der Waals surface area (Å²) in [4.78, 5) is 25.1. The van der Waals surface area contributed by atoms with E-state index < -0.39 is 5.92 Å². The molecule has 8 heteroatoms. The highest BCUT2D eigenvalue weighted by atomic mass is 19.3. The van der Waals surface area contributed by atoms with Crippen LogP contribution < -0.4 is 9.80 Å². The quantitative estimate of drug-likeness (QED) is 0.716. The van der Waals surface area contributed by atoms with Crippen molar-refractivity contribution in [1.29, 1.82) is 0 Å². The van der Waals surface area contributed by atoms with E-state index in [0.29, 0.717) is 47.9 Å². The summed E-state index contributed by atoms with van der Waals surface area (Å²) < 4.78 is 34.0. The minimum absolute atomic E-state index is 0.0676. The molecule has 0 spiro atoms. The van der Waals surface area contributed by atoms with Crippen molar-refractivity contribution in [2.24, 2.45) is 17.8 Å². The summed E-state index contributed by atoms with van der Waals surface area (Å²) in [5, 5.41) is 0. The molecule has 4 aliphatic rings. The fourth-order valence-electron chi connectivity index (χ4n) is 5.58. The van der Waals surface area contributed by atoms with Crippen LogP contribution in [-0.2, 0) is 21.9 Å². The zero-order valence-corrected chi connectivity index (χ0v) is 17.0. The van der Waals surface area contributed by atoms with Crippen LogP contribution in [0, 0.1) is 17.8 Å². The van der Waals surface area contributed by atoms with Crippen LogP contribution in [0.2, 0.25) is 0 Å². The average molecular weight is 406 g/mol. The SMILES string of the molecule is COC(=O)CC1[C@H]2CN(c3nc(N4CCCC[C@@H]4C)nc4c3CCC4(F)F)C[C@@H]12. The van der Waals surface area contributed by atoms with Gasteiger partial charge in [0.1, 0.15) is 11.5 Å². The van der Waals surface area contributed by atoms with Gasteiger partial charge in [0.15, 0.2) is 0 Å². The number of carbonyl (C=O) groups excluding carboxylic acids is 1. The molecule has 5 rings (SSSR count). The molecular weight excluding hydrogens is 378 g/mol. The average Bonchev–Trinajstić information content (AvgIpc) is 3.03. The molecule has 0 N–H and O–H groups in total. The van der Waals surface area contributed by atoms with Gasteiger partial charge in [-0.05, 0) is 50.4 Å². The lowest BCUT2D eigenvalue weighted by Crippen LogP contribution is -2.39. The molecule has 0 amide bonds. The first-order chi connectivity index (χ1) is 13.9. The van der Waals surface area contributed by atoms with Crippen LogP contribution in [0.1, 0.15) is 50.3 Å². The predicted molar refractivity (Wildman–Crippen MR) is 104 cm³/mol. The van der Waals surface area contributed by atoms with E-state index in [1.54, 1.807) is 0 Å². The summed E-state index contributed by atoms with van der Waals surface area (Å²) in [7, 11) is 1.42. The number of fused-ring (bicyclic) bond motifs is 2. The molecule has 0 radical (unpaired) electrons. The predicted octanol–water partition coefficient (Wildman–Crippen LogP) is 3.14. The number of ether oxygens (including phenoxy) is 1. The molecule has 1 aromatic rings. The van der Waals surface area contributed by atoms with E-state index in [9.17, 15) is 13.6 Å². The number of rotatable bonds is 4. The van der Waals surface area contributed by atoms with Gasteiger partial charge in [0.05, 0.1) is 7.11 Å². The Morgan fingerprint density at radius 2 is 2.00 bits per heavy atom. The Balaban J connectivity index is 1.43. The van der Waals surface area contributed by atoms with Crippen molar-refractivity contribution in [3.8, 4) is 0 Å². The van der Waals surface area contributed by atoms with Gasteiger partial charge < -0.3 is 14.5 Å². The molecule has 2 saturated heterocycles. The van der Waals surface area contributed by atoms with E-state index in [2.05, 4.69) is 21.7 Å². The molecule has 0 aromatic carbocycles. The van der Waals surface area contributed by atoms with E-state index in [-0.39, 0.29) is 24.1 Å². The highest BCUT2D eigenvalue weighted by Crippen LogP contribution is 2.55. The highest BCUT2D eigenvalue weighted by molar-refractivity contribution is 5.70. The molecule has 158 valence electrons. The minimum atomic E-state index is -2.88. The minimum Gasteiger partial charge on any atom is -0.469 e. The van der Waals surface area contributed by atoms with Crippen LogP contribution in [0.15, 0.2) is 0 Å². The van der Waals surface area contributed by atoms with Gasteiger partial charge >= 0.3 is 5.97 Å². The molecular formula is C21H28F2N4O2.